The van der Waals surface area contributed by atoms with Gasteiger partial charge in [0.15, 0.2) is 6.29 Å². The first-order valence-electron chi connectivity index (χ1n) is 4.96. The van der Waals surface area contributed by atoms with Gasteiger partial charge in [0.25, 0.3) is 0 Å². The van der Waals surface area contributed by atoms with E-state index < -0.39 is 18.1 Å². The van der Waals surface area contributed by atoms with Crippen LogP contribution in [-0.2, 0) is 23.8 Å². The van der Waals surface area contributed by atoms with Crippen molar-refractivity contribution >= 4 is 11.9 Å². The van der Waals surface area contributed by atoms with Gasteiger partial charge in [-0.2, -0.15) is 0 Å². The van der Waals surface area contributed by atoms with Crippen LogP contribution in [0.2, 0.25) is 0 Å². The Bertz CT molecular complexity index is 227. The van der Waals surface area contributed by atoms with E-state index in [1.54, 1.807) is 0 Å². The second kappa shape index (κ2) is 8.06. The first kappa shape index (κ1) is 14.9. The van der Waals surface area contributed by atoms with Crippen molar-refractivity contribution < 1.29 is 23.8 Å². The lowest BCUT2D eigenvalue weighted by molar-refractivity contribution is -0.154. The molecule has 0 heterocycles. The number of methoxy groups -OCH3 is 3. The molecular weight excluding hydrogens is 214 g/mol. The number of primary amides is 1. The van der Waals surface area contributed by atoms with Gasteiger partial charge in [-0.05, 0) is 6.42 Å². The van der Waals surface area contributed by atoms with Gasteiger partial charge in [-0.1, -0.05) is 0 Å². The highest BCUT2D eigenvalue weighted by molar-refractivity contribution is 5.76. The molecule has 0 rings (SSSR count). The van der Waals surface area contributed by atoms with Crippen LogP contribution in [0.1, 0.15) is 19.3 Å². The molecule has 0 aromatic carbocycles. The number of hydrogen-bond acceptors (Lipinski definition) is 5. The number of carbonyl (C=O) groups is 2. The average Bonchev–Trinajstić information content (AvgIpc) is 2.28. The van der Waals surface area contributed by atoms with E-state index in [1.165, 1.54) is 21.3 Å². The maximum Gasteiger partial charge on any atom is 0.308 e. The number of nitrogens with two attached hydrogens (primary N) is 1. The van der Waals surface area contributed by atoms with Gasteiger partial charge in [0.2, 0.25) is 5.91 Å². The summed E-state index contributed by atoms with van der Waals surface area (Å²) in [7, 11) is 4.27. The molecule has 2 N–H and O–H groups in total. The van der Waals surface area contributed by atoms with E-state index >= 15 is 0 Å². The van der Waals surface area contributed by atoms with E-state index in [0.717, 1.165) is 0 Å². The molecule has 0 saturated carbocycles. The Labute approximate surface area is 95.0 Å². The Balaban J connectivity index is 4.30. The van der Waals surface area contributed by atoms with Gasteiger partial charge in [-0.15, -0.1) is 0 Å². The first-order valence-corrected chi connectivity index (χ1v) is 4.96. The molecule has 0 bridgehead atoms. The molecule has 0 saturated heterocycles. The van der Waals surface area contributed by atoms with Gasteiger partial charge in [-0.3, -0.25) is 9.59 Å². The predicted octanol–water partition coefficient (Wildman–Crippen LogP) is 0.0501. The van der Waals surface area contributed by atoms with E-state index in [0.29, 0.717) is 12.8 Å². The largest absolute Gasteiger partial charge is 0.469 e. The van der Waals surface area contributed by atoms with Crippen LogP contribution in [0.3, 0.4) is 0 Å². The maximum atomic E-state index is 11.4. The van der Waals surface area contributed by atoms with Crippen LogP contribution in [0.15, 0.2) is 0 Å². The molecule has 0 aliphatic rings. The monoisotopic (exact) mass is 233 g/mol. The summed E-state index contributed by atoms with van der Waals surface area (Å²) in [5.74, 6) is -1.27. The summed E-state index contributed by atoms with van der Waals surface area (Å²) in [5.41, 5.74) is 5.02. The number of amides is 1. The van der Waals surface area contributed by atoms with E-state index in [9.17, 15) is 9.59 Å². The lowest BCUT2D eigenvalue weighted by Gasteiger charge is -2.19. The number of esters is 1. The van der Waals surface area contributed by atoms with Crippen molar-refractivity contribution in [2.45, 2.75) is 25.6 Å². The maximum absolute atomic E-state index is 11.4. The normalized spacial score (nSPS) is 12.5. The Morgan fingerprint density at radius 3 is 2.12 bits per heavy atom. The molecule has 6 heteroatoms. The third-order valence-electron chi connectivity index (χ3n) is 2.28. The molecule has 1 amide bonds. The van der Waals surface area contributed by atoms with Crippen molar-refractivity contribution in [2.24, 2.45) is 11.7 Å². The summed E-state index contributed by atoms with van der Waals surface area (Å²) < 4.78 is 14.6. The first-order chi connectivity index (χ1) is 7.54. The molecule has 0 aliphatic carbocycles. The molecule has 16 heavy (non-hydrogen) atoms. The Morgan fingerprint density at radius 2 is 1.75 bits per heavy atom. The summed E-state index contributed by atoms with van der Waals surface area (Å²) in [6, 6.07) is 0. The van der Waals surface area contributed by atoms with Crippen LogP contribution in [0.4, 0.5) is 0 Å². The summed E-state index contributed by atoms with van der Waals surface area (Å²) in [6.07, 6.45) is 0.329. The zero-order chi connectivity index (χ0) is 12.6. The minimum absolute atomic E-state index is 0.139. The van der Waals surface area contributed by atoms with Crippen LogP contribution in [0.5, 0.6) is 0 Å². The summed E-state index contributed by atoms with van der Waals surface area (Å²) >= 11 is 0. The van der Waals surface area contributed by atoms with Gasteiger partial charge in [0.1, 0.15) is 0 Å². The van der Waals surface area contributed by atoms with E-state index in [-0.39, 0.29) is 12.4 Å². The molecule has 0 aromatic heterocycles. The summed E-state index contributed by atoms with van der Waals surface area (Å²) in [6.45, 7) is 0. The van der Waals surface area contributed by atoms with Gasteiger partial charge >= 0.3 is 5.97 Å². The van der Waals surface area contributed by atoms with Crippen LogP contribution in [0.25, 0.3) is 0 Å². The van der Waals surface area contributed by atoms with Gasteiger partial charge in [0.05, 0.1) is 13.0 Å². The Kier molecular flexibility index (Phi) is 7.49. The molecule has 0 spiro atoms. The molecule has 0 aromatic rings. The van der Waals surface area contributed by atoms with Crippen molar-refractivity contribution in [3.8, 4) is 0 Å². The summed E-state index contributed by atoms with van der Waals surface area (Å²) in [5, 5.41) is 0. The zero-order valence-corrected chi connectivity index (χ0v) is 9.89. The lowest BCUT2D eigenvalue weighted by Crippen LogP contribution is -2.26. The van der Waals surface area contributed by atoms with Crippen LogP contribution in [0, 0.1) is 5.92 Å². The topological polar surface area (TPSA) is 87.9 Å². The molecule has 0 radical (unpaired) electrons. The van der Waals surface area contributed by atoms with Gasteiger partial charge in [0, 0.05) is 27.1 Å². The number of hydrogen-bond donors (Lipinski definition) is 1. The fraction of sp³-hybridized carbons (Fsp3) is 0.800. The predicted molar refractivity (Wildman–Crippen MR) is 56.4 cm³/mol. The smallest absolute Gasteiger partial charge is 0.308 e. The molecular formula is C10H19NO5. The highest BCUT2D eigenvalue weighted by Gasteiger charge is 2.24. The zero-order valence-electron chi connectivity index (χ0n) is 9.89. The third kappa shape index (κ3) is 5.67. The molecule has 6 nitrogen and oxygen atoms in total. The third-order valence-corrected chi connectivity index (χ3v) is 2.28. The number of ether oxygens (including phenoxy) is 3. The highest BCUT2D eigenvalue weighted by atomic mass is 16.7. The lowest BCUT2D eigenvalue weighted by atomic mass is 9.99. The quantitative estimate of drug-likeness (QED) is 0.472. The number of carbonyl (C=O) groups excluding carboxylic acids is 2. The van der Waals surface area contributed by atoms with Crippen molar-refractivity contribution in [1.29, 1.82) is 0 Å². The standard InChI is InChI=1S/C10H19NO5/c1-14-9(15-2)6-7(10(13)16-3)4-5-8(11)12/h7,9H,4-6H2,1-3H3,(H2,11,12). The second-order valence-corrected chi connectivity index (χ2v) is 3.36. The van der Waals surface area contributed by atoms with Gasteiger partial charge in [-0.25, -0.2) is 0 Å². The SMILES string of the molecule is COC(=O)C(CCC(N)=O)CC(OC)OC. The Hall–Kier alpha value is -1.14. The second-order valence-electron chi connectivity index (χ2n) is 3.36. The summed E-state index contributed by atoms with van der Waals surface area (Å²) in [4.78, 5) is 22.1. The van der Waals surface area contributed by atoms with Crippen molar-refractivity contribution in [3.05, 3.63) is 0 Å². The average molecular weight is 233 g/mol. The molecule has 1 unspecified atom stereocenters. The highest BCUT2D eigenvalue weighted by Crippen LogP contribution is 2.17. The fourth-order valence-corrected chi connectivity index (χ4v) is 1.34. The van der Waals surface area contributed by atoms with Crippen molar-refractivity contribution in [3.63, 3.8) is 0 Å². The van der Waals surface area contributed by atoms with E-state index in [4.69, 9.17) is 15.2 Å². The Morgan fingerprint density at radius 1 is 1.19 bits per heavy atom. The van der Waals surface area contributed by atoms with Gasteiger partial charge < -0.3 is 19.9 Å². The van der Waals surface area contributed by atoms with Crippen molar-refractivity contribution in [2.75, 3.05) is 21.3 Å². The molecule has 0 aliphatic heterocycles. The van der Waals surface area contributed by atoms with Crippen LogP contribution in [-0.4, -0.2) is 39.5 Å². The fourth-order valence-electron chi connectivity index (χ4n) is 1.34. The molecule has 94 valence electrons. The van der Waals surface area contributed by atoms with Crippen LogP contribution >= 0.6 is 0 Å². The van der Waals surface area contributed by atoms with E-state index in [1.807, 2.05) is 0 Å². The molecule has 1 atom stereocenters. The number of rotatable bonds is 8. The van der Waals surface area contributed by atoms with Crippen LogP contribution < -0.4 is 5.73 Å². The minimum atomic E-state index is -0.489. The van der Waals surface area contributed by atoms with Crippen molar-refractivity contribution in [1.82, 2.24) is 0 Å². The molecule has 0 fully saturated rings. The van der Waals surface area contributed by atoms with E-state index in [2.05, 4.69) is 4.74 Å². The minimum Gasteiger partial charge on any atom is -0.469 e.